The van der Waals surface area contributed by atoms with Crippen molar-refractivity contribution in [2.75, 3.05) is 31.1 Å². The van der Waals surface area contributed by atoms with Gasteiger partial charge in [0.15, 0.2) is 0 Å². The molecule has 2 nitrogen and oxygen atoms in total. The van der Waals surface area contributed by atoms with Gasteiger partial charge in [-0.15, -0.1) is 0 Å². The van der Waals surface area contributed by atoms with Crippen LogP contribution in [0, 0.1) is 6.92 Å². The monoisotopic (exact) mass is 232 g/mol. The second-order valence-corrected chi connectivity index (χ2v) is 5.98. The lowest BCUT2D eigenvalue weighted by atomic mass is 10.0. The molecule has 0 N–H and O–H groups in total. The van der Waals surface area contributed by atoms with E-state index in [-0.39, 0.29) is 0 Å². The second kappa shape index (κ2) is 4.69. The molecule has 0 atom stereocenters. The van der Waals surface area contributed by atoms with Gasteiger partial charge < -0.3 is 4.90 Å². The molecule has 1 heterocycles. The third-order valence-corrected chi connectivity index (χ3v) is 3.60. The maximum absolute atomic E-state index is 2.57. The SMILES string of the molecule is Cc1cccc(N2CCN(C(C)(C)C)CC2)c1. The second-order valence-electron chi connectivity index (χ2n) is 5.98. The van der Waals surface area contributed by atoms with E-state index in [9.17, 15) is 0 Å². The van der Waals surface area contributed by atoms with Crippen LogP contribution in [0.4, 0.5) is 5.69 Å². The number of nitrogens with zero attached hydrogens (tertiary/aromatic N) is 2. The van der Waals surface area contributed by atoms with Gasteiger partial charge in [0.1, 0.15) is 0 Å². The van der Waals surface area contributed by atoms with Crippen molar-refractivity contribution >= 4 is 5.69 Å². The highest BCUT2D eigenvalue weighted by atomic mass is 15.3. The third kappa shape index (κ3) is 3.01. The molecule has 1 saturated heterocycles. The fourth-order valence-electron chi connectivity index (χ4n) is 2.46. The van der Waals surface area contributed by atoms with Crippen LogP contribution in [0.25, 0.3) is 0 Å². The van der Waals surface area contributed by atoms with Crippen LogP contribution in [-0.4, -0.2) is 36.6 Å². The number of hydrogen-bond donors (Lipinski definition) is 0. The van der Waals surface area contributed by atoms with Crippen molar-refractivity contribution in [3.8, 4) is 0 Å². The minimum Gasteiger partial charge on any atom is -0.369 e. The molecule has 0 bridgehead atoms. The summed E-state index contributed by atoms with van der Waals surface area (Å²) in [5.41, 5.74) is 3.03. The van der Waals surface area contributed by atoms with Gasteiger partial charge in [0.25, 0.3) is 0 Å². The average Bonchev–Trinajstić information content (AvgIpc) is 2.28. The molecule has 0 amide bonds. The van der Waals surface area contributed by atoms with Gasteiger partial charge >= 0.3 is 0 Å². The number of benzene rings is 1. The summed E-state index contributed by atoms with van der Waals surface area (Å²) in [7, 11) is 0. The van der Waals surface area contributed by atoms with E-state index in [1.165, 1.54) is 11.3 Å². The topological polar surface area (TPSA) is 6.48 Å². The molecule has 1 aliphatic rings. The van der Waals surface area contributed by atoms with Crippen LogP contribution in [0.1, 0.15) is 26.3 Å². The minimum absolute atomic E-state index is 0.304. The molecule has 0 aliphatic carbocycles. The number of piperazine rings is 1. The third-order valence-electron chi connectivity index (χ3n) is 3.60. The van der Waals surface area contributed by atoms with Crippen LogP contribution in [0.2, 0.25) is 0 Å². The molecule has 1 aliphatic heterocycles. The molecule has 0 spiro atoms. The lowest BCUT2D eigenvalue weighted by Gasteiger charge is -2.43. The molecule has 0 radical (unpaired) electrons. The molecule has 0 saturated carbocycles. The van der Waals surface area contributed by atoms with Gasteiger partial charge in [-0.05, 0) is 45.4 Å². The minimum atomic E-state index is 0.304. The first kappa shape index (κ1) is 12.4. The Morgan fingerprint density at radius 1 is 1.00 bits per heavy atom. The summed E-state index contributed by atoms with van der Waals surface area (Å²) >= 11 is 0. The number of rotatable bonds is 1. The highest BCUT2D eigenvalue weighted by Crippen LogP contribution is 2.21. The molecule has 0 aromatic heterocycles. The number of anilines is 1. The standard InChI is InChI=1S/C15H24N2/c1-13-6-5-7-14(12-13)16-8-10-17(11-9-16)15(2,3)4/h5-7,12H,8-11H2,1-4H3. The number of hydrogen-bond acceptors (Lipinski definition) is 2. The normalized spacial score (nSPS) is 18.5. The Bertz CT molecular complexity index is 371. The van der Waals surface area contributed by atoms with Crippen LogP contribution in [0.5, 0.6) is 0 Å². The van der Waals surface area contributed by atoms with Crippen LogP contribution < -0.4 is 4.90 Å². The Hall–Kier alpha value is -1.02. The largest absolute Gasteiger partial charge is 0.369 e. The highest BCUT2D eigenvalue weighted by molar-refractivity contribution is 5.48. The molecule has 94 valence electrons. The summed E-state index contributed by atoms with van der Waals surface area (Å²) in [6.07, 6.45) is 0. The summed E-state index contributed by atoms with van der Waals surface area (Å²) in [5, 5.41) is 0. The first-order valence-electron chi connectivity index (χ1n) is 6.53. The van der Waals surface area contributed by atoms with Gasteiger partial charge in [-0.3, -0.25) is 4.90 Å². The summed E-state index contributed by atoms with van der Waals surface area (Å²) < 4.78 is 0. The first-order chi connectivity index (χ1) is 7.97. The Morgan fingerprint density at radius 3 is 2.18 bits per heavy atom. The van der Waals surface area contributed by atoms with Crippen molar-refractivity contribution in [3.63, 3.8) is 0 Å². The van der Waals surface area contributed by atoms with E-state index < -0.39 is 0 Å². The Kier molecular flexibility index (Phi) is 3.43. The van der Waals surface area contributed by atoms with Gasteiger partial charge in [-0.1, -0.05) is 12.1 Å². The fraction of sp³-hybridized carbons (Fsp3) is 0.600. The predicted octanol–water partition coefficient (Wildman–Crippen LogP) is 2.92. The Labute approximate surface area is 105 Å². The van der Waals surface area contributed by atoms with Gasteiger partial charge in [-0.2, -0.15) is 0 Å². The van der Waals surface area contributed by atoms with E-state index in [0.29, 0.717) is 5.54 Å². The lowest BCUT2D eigenvalue weighted by molar-refractivity contribution is 0.128. The summed E-state index contributed by atoms with van der Waals surface area (Å²) in [6, 6.07) is 8.82. The van der Waals surface area contributed by atoms with E-state index in [0.717, 1.165) is 26.2 Å². The van der Waals surface area contributed by atoms with Gasteiger partial charge in [0.2, 0.25) is 0 Å². The van der Waals surface area contributed by atoms with Crippen molar-refractivity contribution in [1.82, 2.24) is 4.90 Å². The molecule has 1 aromatic rings. The predicted molar refractivity (Wildman–Crippen MR) is 74.7 cm³/mol. The molecular formula is C15H24N2. The van der Waals surface area contributed by atoms with E-state index >= 15 is 0 Å². The molecule has 0 unspecified atom stereocenters. The smallest absolute Gasteiger partial charge is 0.0369 e. The molecule has 2 rings (SSSR count). The summed E-state index contributed by atoms with van der Waals surface area (Å²) in [5.74, 6) is 0. The van der Waals surface area contributed by atoms with Gasteiger partial charge in [0.05, 0.1) is 0 Å². The van der Waals surface area contributed by atoms with E-state index in [1.54, 1.807) is 0 Å². The Balaban J connectivity index is 2.00. The summed E-state index contributed by atoms with van der Waals surface area (Å²) in [4.78, 5) is 5.06. The summed E-state index contributed by atoms with van der Waals surface area (Å²) in [6.45, 7) is 13.7. The fourth-order valence-corrected chi connectivity index (χ4v) is 2.46. The van der Waals surface area contributed by atoms with Gasteiger partial charge in [-0.25, -0.2) is 0 Å². The van der Waals surface area contributed by atoms with Crippen molar-refractivity contribution in [2.24, 2.45) is 0 Å². The Morgan fingerprint density at radius 2 is 1.65 bits per heavy atom. The van der Waals surface area contributed by atoms with Crippen molar-refractivity contribution < 1.29 is 0 Å². The van der Waals surface area contributed by atoms with Crippen LogP contribution >= 0.6 is 0 Å². The maximum atomic E-state index is 2.57. The molecular weight excluding hydrogens is 208 g/mol. The van der Waals surface area contributed by atoms with E-state index in [2.05, 4.69) is 61.8 Å². The van der Waals surface area contributed by atoms with Crippen LogP contribution in [0.3, 0.4) is 0 Å². The maximum Gasteiger partial charge on any atom is 0.0369 e. The van der Waals surface area contributed by atoms with Crippen molar-refractivity contribution in [3.05, 3.63) is 29.8 Å². The number of aryl methyl sites for hydroxylation is 1. The average molecular weight is 232 g/mol. The molecule has 2 heteroatoms. The van der Waals surface area contributed by atoms with Crippen LogP contribution in [0.15, 0.2) is 24.3 Å². The van der Waals surface area contributed by atoms with Crippen molar-refractivity contribution in [2.45, 2.75) is 33.2 Å². The zero-order chi connectivity index (χ0) is 12.5. The van der Waals surface area contributed by atoms with Crippen molar-refractivity contribution in [1.29, 1.82) is 0 Å². The molecule has 1 fully saturated rings. The zero-order valence-corrected chi connectivity index (χ0v) is 11.5. The lowest BCUT2D eigenvalue weighted by Crippen LogP contribution is -2.53. The highest BCUT2D eigenvalue weighted by Gasteiger charge is 2.25. The quantitative estimate of drug-likeness (QED) is 0.734. The van der Waals surface area contributed by atoms with E-state index in [1.807, 2.05) is 0 Å². The molecule has 17 heavy (non-hydrogen) atoms. The molecule has 1 aromatic carbocycles. The van der Waals surface area contributed by atoms with Gasteiger partial charge in [0, 0.05) is 37.4 Å². The van der Waals surface area contributed by atoms with E-state index in [4.69, 9.17) is 0 Å². The van der Waals surface area contributed by atoms with Crippen LogP contribution in [-0.2, 0) is 0 Å². The zero-order valence-electron chi connectivity index (χ0n) is 11.5. The first-order valence-corrected chi connectivity index (χ1v) is 6.53.